The molecule has 2 aliphatic heterocycles. The Hall–Kier alpha value is -1.30. The third kappa shape index (κ3) is 1.65. The zero-order valence-electron chi connectivity index (χ0n) is 14.3. The number of phenols is 1. The quantitative estimate of drug-likeness (QED) is 0.826. The first-order valence-electron chi connectivity index (χ1n) is 9.01. The van der Waals surface area contributed by atoms with Crippen LogP contribution in [0.5, 0.6) is 11.5 Å². The number of benzene rings is 1. The van der Waals surface area contributed by atoms with Crippen molar-refractivity contribution in [2.24, 2.45) is 0 Å². The minimum Gasteiger partial charge on any atom is -0.504 e. The van der Waals surface area contributed by atoms with E-state index >= 15 is 0 Å². The Morgan fingerprint density at radius 3 is 2.92 bits per heavy atom. The van der Waals surface area contributed by atoms with Crippen LogP contribution in [-0.2, 0) is 16.6 Å². The van der Waals surface area contributed by atoms with E-state index in [4.69, 9.17) is 9.47 Å². The molecule has 1 fully saturated rings. The van der Waals surface area contributed by atoms with Gasteiger partial charge >= 0.3 is 0 Å². The molecule has 5 nitrogen and oxygen atoms in total. The number of hydrogen-bond donors (Lipinski definition) is 2. The number of hydrogen-bond acceptors (Lipinski definition) is 5. The Morgan fingerprint density at radius 2 is 2.12 bits per heavy atom. The van der Waals surface area contributed by atoms with E-state index in [-0.39, 0.29) is 11.2 Å². The lowest BCUT2D eigenvalue weighted by molar-refractivity contribution is -0.262. The number of likely N-dealkylation sites (N-methyl/N-ethyl adjacent to an activating group) is 1. The van der Waals surface area contributed by atoms with Crippen LogP contribution in [-0.4, -0.2) is 47.7 Å². The maximum atomic E-state index is 10.7. The van der Waals surface area contributed by atoms with Crippen molar-refractivity contribution in [3.8, 4) is 11.5 Å². The lowest BCUT2D eigenvalue weighted by Gasteiger charge is -2.57. The second-order valence-corrected chi connectivity index (χ2v) is 8.09. The van der Waals surface area contributed by atoms with E-state index in [0.717, 1.165) is 32.2 Å². The smallest absolute Gasteiger partial charge is 0.237 e. The van der Waals surface area contributed by atoms with Crippen molar-refractivity contribution >= 4 is 0 Å². The Bertz CT molecular complexity index is 720. The summed E-state index contributed by atoms with van der Waals surface area (Å²) in [5.74, 6) is -0.265. The zero-order valence-corrected chi connectivity index (χ0v) is 14.3. The van der Waals surface area contributed by atoms with Crippen LogP contribution in [0.2, 0.25) is 0 Å². The molecule has 5 heteroatoms. The van der Waals surface area contributed by atoms with Crippen molar-refractivity contribution in [3.05, 3.63) is 22.8 Å². The number of nitrogens with zero attached hydrogens (tertiary/aromatic N) is 1. The molecule has 24 heavy (non-hydrogen) atoms. The van der Waals surface area contributed by atoms with Gasteiger partial charge in [-0.1, -0.05) is 0 Å². The summed E-state index contributed by atoms with van der Waals surface area (Å²) in [6.45, 7) is 1.03. The van der Waals surface area contributed by atoms with Crippen LogP contribution in [0, 0.1) is 0 Å². The van der Waals surface area contributed by atoms with E-state index in [1.54, 1.807) is 7.11 Å². The van der Waals surface area contributed by atoms with E-state index < -0.39 is 11.9 Å². The average Bonchev–Trinajstić information content (AvgIpc) is 2.59. The monoisotopic (exact) mass is 331 g/mol. The van der Waals surface area contributed by atoms with Crippen molar-refractivity contribution in [1.82, 2.24) is 4.90 Å². The molecule has 1 aromatic carbocycles. The topological polar surface area (TPSA) is 62.2 Å². The van der Waals surface area contributed by atoms with Crippen LogP contribution in [0.3, 0.4) is 0 Å². The highest BCUT2D eigenvalue weighted by Gasteiger charge is 2.60. The first-order valence-corrected chi connectivity index (χ1v) is 9.01. The third-order valence-corrected chi connectivity index (χ3v) is 7.02. The molecule has 2 N–H and O–H groups in total. The number of aliphatic hydroxyl groups is 1. The van der Waals surface area contributed by atoms with E-state index in [0.29, 0.717) is 24.6 Å². The van der Waals surface area contributed by atoms with Gasteiger partial charge in [-0.3, -0.25) is 4.90 Å². The molecular formula is C19H25NO4. The molecule has 2 heterocycles. The molecule has 4 aliphatic rings. The van der Waals surface area contributed by atoms with Gasteiger partial charge in [0.05, 0.1) is 0 Å². The summed E-state index contributed by atoms with van der Waals surface area (Å²) in [7, 11) is 3.79. The summed E-state index contributed by atoms with van der Waals surface area (Å²) in [4.78, 5) is 2.43. The molecule has 0 unspecified atom stereocenters. The molecule has 4 atom stereocenters. The predicted octanol–water partition coefficient (Wildman–Crippen LogP) is 2.23. The molecule has 1 aromatic rings. The zero-order chi connectivity index (χ0) is 16.7. The number of fused-ring (bicyclic) bond motifs is 1. The van der Waals surface area contributed by atoms with Gasteiger partial charge < -0.3 is 19.7 Å². The summed E-state index contributed by atoms with van der Waals surface area (Å²) >= 11 is 0. The number of aliphatic hydroxyl groups excluding tert-OH is 1. The van der Waals surface area contributed by atoms with Crippen molar-refractivity contribution in [2.75, 3.05) is 20.7 Å². The summed E-state index contributed by atoms with van der Waals surface area (Å²) < 4.78 is 11.9. The number of ether oxygens (including phenoxy) is 2. The third-order valence-electron chi connectivity index (χ3n) is 7.02. The van der Waals surface area contributed by atoms with Crippen molar-refractivity contribution in [3.63, 3.8) is 0 Å². The summed E-state index contributed by atoms with van der Waals surface area (Å²) in [5, 5.41) is 21.2. The highest BCUT2D eigenvalue weighted by atomic mass is 16.7. The predicted molar refractivity (Wildman–Crippen MR) is 88.3 cm³/mol. The van der Waals surface area contributed by atoms with Gasteiger partial charge in [0.2, 0.25) is 5.79 Å². The standard InChI is InChI=1S/C19H25NO4/c1-20-8-5-11-9-13(21)17-16-15(11)12(20)3-6-18(16)7-4-14(22)19(10-18,23-2)24-17/h9,12,14,21-22H,3-8,10H2,1-2H3/t12-,14-,18+,19+/m1/s1. The fraction of sp³-hybridized carbons (Fsp3) is 0.684. The molecule has 2 bridgehead atoms. The van der Waals surface area contributed by atoms with Gasteiger partial charge in [0.25, 0.3) is 0 Å². The Kier molecular flexibility index (Phi) is 2.91. The van der Waals surface area contributed by atoms with Gasteiger partial charge in [0.15, 0.2) is 11.5 Å². The summed E-state index contributed by atoms with van der Waals surface area (Å²) in [6.07, 6.45) is 4.79. The van der Waals surface area contributed by atoms with Gasteiger partial charge in [0, 0.05) is 37.1 Å². The van der Waals surface area contributed by atoms with Crippen LogP contribution in [0.1, 0.15) is 54.8 Å². The van der Waals surface area contributed by atoms with Gasteiger partial charge in [-0.2, -0.15) is 0 Å². The fourth-order valence-corrected chi connectivity index (χ4v) is 5.78. The first kappa shape index (κ1) is 15.0. The molecule has 0 saturated heterocycles. The highest BCUT2D eigenvalue weighted by molar-refractivity contribution is 5.61. The van der Waals surface area contributed by atoms with Crippen LogP contribution in [0.15, 0.2) is 6.07 Å². The van der Waals surface area contributed by atoms with Crippen molar-refractivity contribution in [1.29, 1.82) is 0 Å². The lowest BCUT2D eigenvalue weighted by Crippen LogP contribution is -2.61. The Morgan fingerprint density at radius 1 is 1.33 bits per heavy atom. The summed E-state index contributed by atoms with van der Waals surface area (Å²) in [5.41, 5.74) is 3.82. The van der Waals surface area contributed by atoms with Crippen LogP contribution in [0.25, 0.3) is 0 Å². The van der Waals surface area contributed by atoms with Crippen molar-refractivity contribution < 1.29 is 19.7 Å². The van der Waals surface area contributed by atoms with E-state index in [1.807, 2.05) is 6.07 Å². The maximum absolute atomic E-state index is 10.7. The SMILES string of the molecule is CO[C@@]12C[C@]3(CC[C@@H]4c5c(cc(O)c(c53)O1)CCN4C)CC[C@H]2O. The molecular weight excluding hydrogens is 306 g/mol. The van der Waals surface area contributed by atoms with Gasteiger partial charge in [-0.25, -0.2) is 0 Å². The normalized spacial score (nSPS) is 40.0. The largest absolute Gasteiger partial charge is 0.504 e. The molecule has 1 saturated carbocycles. The molecule has 0 amide bonds. The Labute approximate surface area is 142 Å². The van der Waals surface area contributed by atoms with E-state index in [9.17, 15) is 10.2 Å². The lowest BCUT2D eigenvalue weighted by atomic mass is 9.57. The minimum atomic E-state index is -1.02. The molecule has 1 spiro atoms. The van der Waals surface area contributed by atoms with Crippen molar-refractivity contribution in [2.45, 2.75) is 61.9 Å². The van der Waals surface area contributed by atoms with Crippen LogP contribution >= 0.6 is 0 Å². The molecule has 130 valence electrons. The second kappa shape index (κ2) is 4.65. The van der Waals surface area contributed by atoms with Crippen LogP contribution in [0.4, 0.5) is 0 Å². The van der Waals surface area contributed by atoms with E-state index in [1.165, 1.54) is 16.7 Å². The molecule has 2 aliphatic carbocycles. The maximum Gasteiger partial charge on any atom is 0.237 e. The first-order chi connectivity index (χ1) is 11.5. The summed E-state index contributed by atoms with van der Waals surface area (Å²) in [6, 6.07) is 2.29. The van der Waals surface area contributed by atoms with E-state index in [2.05, 4.69) is 11.9 Å². The second-order valence-electron chi connectivity index (χ2n) is 8.09. The molecule has 0 aromatic heterocycles. The minimum absolute atomic E-state index is 0.0413. The number of aromatic hydroxyl groups is 1. The number of methoxy groups -OCH3 is 1. The fourth-order valence-electron chi connectivity index (χ4n) is 5.78. The van der Waals surface area contributed by atoms with Gasteiger partial charge in [-0.05, 0) is 56.3 Å². The highest BCUT2D eigenvalue weighted by Crippen LogP contribution is 2.63. The number of rotatable bonds is 1. The molecule has 5 rings (SSSR count). The average molecular weight is 331 g/mol. The van der Waals surface area contributed by atoms with Gasteiger partial charge in [-0.15, -0.1) is 0 Å². The number of phenolic OH excluding ortho intramolecular Hbond substituents is 1. The van der Waals surface area contributed by atoms with Gasteiger partial charge in [0.1, 0.15) is 6.10 Å². The molecule has 0 radical (unpaired) electrons. The Balaban J connectivity index is 1.80. The van der Waals surface area contributed by atoms with Crippen LogP contribution < -0.4 is 4.74 Å².